The first kappa shape index (κ1) is 12.4. The number of aromatic nitrogens is 3. The fourth-order valence-electron chi connectivity index (χ4n) is 1.44. The maximum Gasteiger partial charge on any atom is 0.433 e. The summed E-state index contributed by atoms with van der Waals surface area (Å²) < 4.78 is 37.2. The van der Waals surface area contributed by atoms with Gasteiger partial charge in [0.2, 0.25) is 0 Å². The molecule has 0 fully saturated rings. The Kier molecular flexibility index (Phi) is 3.50. The average molecular weight is 256 g/mol. The molecule has 0 unspecified atom stereocenters. The van der Waals surface area contributed by atoms with Crippen LogP contribution in [0.15, 0.2) is 30.7 Å². The molecule has 0 aliphatic rings. The standard InChI is InChI=1S/C11H11F3N4/c12-11(13,14)9-2-1-3-10(18-9)16-5-4-8-6-15-7-17-8/h1-3,6-7H,4-5H2,(H,15,17)(H,16,18). The maximum atomic E-state index is 12.4. The summed E-state index contributed by atoms with van der Waals surface area (Å²) in [6.07, 6.45) is -0.557. The molecule has 2 aromatic rings. The van der Waals surface area contributed by atoms with E-state index in [9.17, 15) is 13.2 Å². The van der Waals surface area contributed by atoms with E-state index in [1.807, 2.05) is 0 Å². The van der Waals surface area contributed by atoms with E-state index >= 15 is 0 Å². The Morgan fingerprint density at radius 2 is 2.11 bits per heavy atom. The lowest BCUT2D eigenvalue weighted by Crippen LogP contribution is -2.11. The fraction of sp³-hybridized carbons (Fsp3) is 0.273. The largest absolute Gasteiger partial charge is 0.433 e. The van der Waals surface area contributed by atoms with Crippen molar-refractivity contribution in [3.63, 3.8) is 0 Å². The predicted octanol–water partition coefficient (Wildman–Crippen LogP) is 2.48. The Labute approximate surface area is 101 Å². The highest BCUT2D eigenvalue weighted by molar-refractivity contribution is 5.36. The first-order chi connectivity index (χ1) is 8.55. The molecular formula is C11H11F3N4. The number of hydrogen-bond acceptors (Lipinski definition) is 3. The van der Waals surface area contributed by atoms with Gasteiger partial charge in [0, 0.05) is 24.9 Å². The van der Waals surface area contributed by atoms with Gasteiger partial charge in [0.25, 0.3) is 0 Å². The van der Waals surface area contributed by atoms with Crippen molar-refractivity contribution < 1.29 is 13.2 Å². The molecule has 2 N–H and O–H groups in total. The molecule has 0 amide bonds. The van der Waals surface area contributed by atoms with Crippen molar-refractivity contribution in [2.75, 3.05) is 11.9 Å². The molecule has 0 aromatic carbocycles. The molecule has 0 atom stereocenters. The highest BCUT2D eigenvalue weighted by Gasteiger charge is 2.32. The minimum Gasteiger partial charge on any atom is -0.370 e. The van der Waals surface area contributed by atoms with Crippen molar-refractivity contribution >= 4 is 5.82 Å². The van der Waals surface area contributed by atoms with E-state index in [0.717, 1.165) is 11.8 Å². The molecule has 96 valence electrons. The number of H-pyrrole nitrogens is 1. The van der Waals surface area contributed by atoms with Gasteiger partial charge in [0.1, 0.15) is 11.5 Å². The SMILES string of the molecule is FC(F)(F)c1cccc(NCCc2cnc[nH]2)n1. The first-order valence-corrected chi connectivity index (χ1v) is 5.31. The van der Waals surface area contributed by atoms with Crippen molar-refractivity contribution in [1.29, 1.82) is 0 Å². The quantitative estimate of drug-likeness (QED) is 0.883. The molecule has 0 radical (unpaired) electrons. The third-order valence-corrected chi connectivity index (χ3v) is 2.29. The van der Waals surface area contributed by atoms with E-state index < -0.39 is 11.9 Å². The lowest BCUT2D eigenvalue weighted by atomic mass is 10.3. The second kappa shape index (κ2) is 5.07. The van der Waals surface area contributed by atoms with Gasteiger partial charge in [-0.05, 0) is 12.1 Å². The number of aromatic amines is 1. The van der Waals surface area contributed by atoms with E-state index in [1.165, 1.54) is 12.1 Å². The molecule has 2 aromatic heterocycles. The van der Waals surface area contributed by atoms with Crippen LogP contribution in [0.25, 0.3) is 0 Å². The summed E-state index contributed by atoms with van der Waals surface area (Å²) in [7, 11) is 0. The summed E-state index contributed by atoms with van der Waals surface area (Å²) in [6.45, 7) is 0.483. The van der Waals surface area contributed by atoms with Gasteiger partial charge < -0.3 is 10.3 Å². The minimum absolute atomic E-state index is 0.212. The number of halogens is 3. The lowest BCUT2D eigenvalue weighted by Gasteiger charge is -2.09. The molecule has 0 bridgehead atoms. The van der Waals surface area contributed by atoms with Crippen LogP contribution in [0.2, 0.25) is 0 Å². The number of imidazole rings is 1. The minimum atomic E-state index is -4.42. The zero-order valence-electron chi connectivity index (χ0n) is 9.33. The van der Waals surface area contributed by atoms with Crippen molar-refractivity contribution in [2.45, 2.75) is 12.6 Å². The van der Waals surface area contributed by atoms with Crippen molar-refractivity contribution in [2.24, 2.45) is 0 Å². The van der Waals surface area contributed by atoms with Gasteiger partial charge in [0.15, 0.2) is 0 Å². The molecule has 7 heteroatoms. The number of hydrogen-bond donors (Lipinski definition) is 2. The van der Waals surface area contributed by atoms with Gasteiger partial charge in [0.05, 0.1) is 6.33 Å². The molecular weight excluding hydrogens is 245 g/mol. The third kappa shape index (κ3) is 3.22. The molecule has 18 heavy (non-hydrogen) atoms. The summed E-state index contributed by atoms with van der Waals surface area (Å²) in [5, 5.41) is 2.84. The molecule has 2 heterocycles. The number of nitrogens with one attached hydrogen (secondary N) is 2. The summed E-state index contributed by atoms with van der Waals surface area (Å²) in [5.74, 6) is 0.212. The van der Waals surface area contributed by atoms with Crippen LogP contribution in [0.5, 0.6) is 0 Å². The lowest BCUT2D eigenvalue weighted by molar-refractivity contribution is -0.141. The highest BCUT2D eigenvalue weighted by Crippen LogP contribution is 2.28. The van der Waals surface area contributed by atoms with Crippen LogP contribution >= 0.6 is 0 Å². The van der Waals surface area contributed by atoms with Gasteiger partial charge in [-0.2, -0.15) is 13.2 Å². The number of rotatable bonds is 4. The van der Waals surface area contributed by atoms with Gasteiger partial charge >= 0.3 is 6.18 Å². The average Bonchev–Trinajstić information content (AvgIpc) is 2.81. The third-order valence-electron chi connectivity index (χ3n) is 2.29. The Bertz CT molecular complexity index is 493. The fourth-order valence-corrected chi connectivity index (χ4v) is 1.44. The van der Waals surface area contributed by atoms with Crippen molar-refractivity contribution in [3.05, 3.63) is 42.1 Å². The van der Waals surface area contributed by atoms with E-state index in [1.54, 1.807) is 12.5 Å². The topological polar surface area (TPSA) is 53.6 Å². The van der Waals surface area contributed by atoms with E-state index in [4.69, 9.17) is 0 Å². The Morgan fingerprint density at radius 1 is 1.28 bits per heavy atom. The molecule has 0 saturated heterocycles. The second-order valence-corrected chi connectivity index (χ2v) is 3.66. The van der Waals surface area contributed by atoms with Crippen LogP contribution in [-0.2, 0) is 12.6 Å². The van der Waals surface area contributed by atoms with Crippen LogP contribution in [0.3, 0.4) is 0 Å². The van der Waals surface area contributed by atoms with Crippen LogP contribution in [0.4, 0.5) is 19.0 Å². The van der Waals surface area contributed by atoms with E-state index in [-0.39, 0.29) is 5.82 Å². The van der Waals surface area contributed by atoms with Crippen LogP contribution in [0, 0.1) is 0 Å². The number of pyridine rings is 1. The maximum absolute atomic E-state index is 12.4. The van der Waals surface area contributed by atoms with Gasteiger partial charge in [-0.25, -0.2) is 9.97 Å². The molecule has 0 saturated carbocycles. The van der Waals surface area contributed by atoms with E-state index in [0.29, 0.717) is 13.0 Å². The smallest absolute Gasteiger partial charge is 0.370 e. The Hall–Kier alpha value is -2.05. The Morgan fingerprint density at radius 3 is 2.78 bits per heavy atom. The van der Waals surface area contributed by atoms with Crippen LogP contribution in [-0.4, -0.2) is 21.5 Å². The summed E-state index contributed by atoms with van der Waals surface area (Å²) >= 11 is 0. The van der Waals surface area contributed by atoms with Gasteiger partial charge in [-0.15, -0.1) is 0 Å². The normalized spacial score (nSPS) is 11.5. The number of anilines is 1. The molecule has 0 aliphatic carbocycles. The zero-order valence-corrected chi connectivity index (χ0v) is 9.33. The first-order valence-electron chi connectivity index (χ1n) is 5.31. The molecule has 2 rings (SSSR count). The predicted molar refractivity (Wildman–Crippen MR) is 60.0 cm³/mol. The Balaban J connectivity index is 1.93. The summed E-state index contributed by atoms with van der Waals surface area (Å²) in [6, 6.07) is 3.77. The molecule has 0 aliphatic heterocycles. The second-order valence-electron chi connectivity index (χ2n) is 3.66. The zero-order chi connectivity index (χ0) is 13.0. The monoisotopic (exact) mass is 256 g/mol. The molecule has 4 nitrogen and oxygen atoms in total. The number of nitrogens with zero attached hydrogens (tertiary/aromatic N) is 2. The number of alkyl halides is 3. The molecule has 0 spiro atoms. The van der Waals surface area contributed by atoms with Crippen LogP contribution in [0.1, 0.15) is 11.4 Å². The van der Waals surface area contributed by atoms with E-state index in [2.05, 4.69) is 20.3 Å². The van der Waals surface area contributed by atoms with Gasteiger partial charge in [-0.1, -0.05) is 6.07 Å². The summed E-state index contributed by atoms with van der Waals surface area (Å²) in [4.78, 5) is 10.3. The van der Waals surface area contributed by atoms with Gasteiger partial charge in [-0.3, -0.25) is 0 Å². The van der Waals surface area contributed by atoms with Crippen molar-refractivity contribution in [3.8, 4) is 0 Å². The van der Waals surface area contributed by atoms with Crippen LogP contribution < -0.4 is 5.32 Å². The highest BCUT2D eigenvalue weighted by atomic mass is 19.4. The summed E-state index contributed by atoms with van der Waals surface area (Å²) in [5.41, 5.74) is 0.0171. The van der Waals surface area contributed by atoms with Crippen molar-refractivity contribution in [1.82, 2.24) is 15.0 Å².